The van der Waals surface area contributed by atoms with Gasteiger partial charge < -0.3 is 14.5 Å². The minimum atomic E-state index is -0.0166. The fraction of sp³-hybridized carbons (Fsp3) is 0.400. The molecular formula is C15H20N2O2. The number of methoxy groups -OCH3 is 1. The molecule has 0 bridgehead atoms. The first-order valence-electron chi connectivity index (χ1n) is 6.54. The molecule has 1 aromatic rings. The van der Waals surface area contributed by atoms with Crippen molar-refractivity contribution in [2.45, 2.75) is 12.8 Å². The maximum Gasteiger partial charge on any atom is 0.252 e. The number of rotatable bonds is 4. The lowest BCUT2D eigenvalue weighted by Gasteiger charge is -2.16. The van der Waals surface area contributed by atoms with Crippen LogP contribution in [-0.4, -0.2) is 38.1 Å². The van der Waals surface area contributed by atoms with Gasteiger partial charge in [-0.25, -0.2) is 0 Å². The molecule has 0 spiro atoms. The molecule has 0 saturated carbocycles. The number of anilines is 1. The van der Waals surface area contributed by atoms with Crippen LogP contribution in [0.5, 0.6) is 5.75 Å². The molecule has 1 aliphatic heterocycles. The van der Waals surface area contributed by atoms with Crippen molar-refractivity contribution in [2.24, 2.45) is 0 Å². The number of likely N-dealkylation sites (tertiary alicyclic amines) is 1. The maximum absolute atomic E-state index is 12.0. The Kier molecular flexibility index (Phi) is 4.44. The second-order valence-corrected chi connectivity index (χ2v) is 4.65. The average Bonchev–Trinajstić information content (AvgIpc) is 2.97. The van der Waals surface area contributed by atoms with E-state index in [1.54, 1.807) is 25.1 Å². The van der Waals surface area contributed by atoms with Crippen LogP contribution in [0.15, 0.2) is 36.5 Å². The van der Waals surface area contributed by atoms with E-state index in [0.717, 1.165) is 24.5 Å². The Morgan fingerprint density at radius 1 is 1.26 bits per heavy atom. The van der Waals surface area contributed by atoms with Crippen molar-refractivity contribution in [1.29, 1.82) is 0 Å². The van der Waals surface area contributed by atoms with Crippen LogP contribution in [0.25, 0.3) is 0 Å². The number of amides is 1. The molecule has 0 N–H and O–H groups in total. The van der Waals surface area contributed by atoms with E-state index in [-0.39, 0.29) is 5.91 Å². The topological polar surface area (TPSA) is 32.8 Å². The lowest BCUT2D eigenvalue weighted by molar-refractivity contribution is -0.114. The van der Waals surface area contributed by atoms with E-state index in [1.165, 1.54) is 12.8 Å². The van der Waals surface area contributed by atoms with Gasteiger partial charge in [-0.3, -0.25) is 4.79 Å². The van der Waals surface area contributed by atoms with Crippen molar-refractivity contribution in [1.82, 2.24) is 4.90 Å². The van der Waals surface area contributed by atoms with Gasteiger partial charge in [-0.1, -0.05) is 0 Å². The molecule has 1 fully saturated rings. The van der Waals surface area contributed by atoms with Crippen LogP contribution in [-0.2, 0) is 4.79 Å². The summed E-state index contributed by atoms with van der Waals surface area (Å²) in [5, 5.41) is 0. The largest absolute Gasteiger partial charge is 0.497 e. The summed E-state index contributed by atoms with van der Waals surface area (Å²) >= 11 is 0. The number of hydrogen-bond donors (Lipinski definition) is 0. The van der Waals surface area contributed by atoms with Crippen LogP contribution in [0.2, 0.25) is 0 Å². The predicted octanol–water partition coefficient (Wildman–Crippen LogP) is 2.27. The van der Waals surface area contributed by atoms with Gasteiger partial charge in [-0.2, -0.15) is 0 Å². The van der Waals surface area contributed by atoms with E-state index in [1.807, 2.05) is 30.5 Å². The summed E-state index contributed by atoms with van der Waals surface area (Å²) in [7, 11) is 3.40. The van der Waals surface area contributed by atoms with E-state index >= 15 is 0 Å². The van der Waals surface area contributed by atoms with Crippen molar-refractivity contribution >= 4 is 11.6 Å². The van der Waals surface area contributed by atoms with Crippen LogP contribution in [0.4, 0.5) is 5.69 Å². The smallest absolute Gasteiger partial charge is 0.252 e. The van der Waals surface area contributed by atoms with Gasteiger partial charge in [0.25, 0.3) is 5.91 Å². The van der Waals surface area contributed by atoms with Gasteiger partial charge in [0.2, 0.25) is 0 Å². The summed E-state index contributed by atoms with van der Waals surface area (Å²) in [5.41, 5.74) is 0.858. The zero-order valence-electron chi connectivity index (χ0n) is 11.5. The SMILES string of the molecule is COc1ccc(N(C)C(=O)/C=C/N2CCCC2)cc1. The molecular weight excluding hydrogens is 240 g/mol. The molecule has 1 aliphatic rings. The minimum Gasteiger partial charge on any atom is -0.497 e. The summed E-state index contributed by atoms with van der Waals surface area (Å²) in [6.45, 7) is 2.10. The minimum absolute atomic E-state index is 0.0166. The third kappa shape index (κ3) is 3.50. The predicted molar refractivity (Wildman–Crippen MR) is 76.4 cm³/mol. The van der Waals surface area contributed by atoms with E-state index in [2.05, 4.69) is 4.90 Å². The zero-order chi connectivity index (χ0) is 13.7. The van der Waals surface area contributed by atoms with Crippen LogP contribution in [0.3, 0.4) is 0 Å². The first kappa shape index (κ1) is 13.5. The monoisotopic (exact) mass is 260 g/mol. The van der Waals surface area contributed by atoms with E-state index in [4.69, 9.17) is 4.74 Å². The quantitative estimate of drug-likeness (QED) is 0.779. The van der Waals surface area contributed by atoms with Gasteiger partial charge in [0, 0.05) is 38.1 Å². The first-order valence-corrected chi connectivity index (χ1v) is 6.54. The normalized spacial score (nSPS) is 14.9. The second kappa shape index (κ2) is 6.27. The molecule has 102 valence electrons. The lowest BCUT2D eigenvalue weighted by Crippen LogP contribution is -2.24. The van der Waals surface area contributed by atoms with Crippen molar-refractivity contribution in [3.63, 3.8) is 0 Å². The number of hydrogen-bond acceptors (Lipinski definition) is 3. The van der Waals surface area contributed by atoms with Crippen LogP contribution < -0.4 is 9.64 Å². The van der Waals surface area contributed by atoms with Crippen LogP contribution in [0.1, 0.15) is 12.8 Å². The molecule has 1 heterocycles. The van der Waals surface area contributed by atoms with Gasteiger partial charge in [0.05, 0.1) is 7.11 Å². The number of carbonyl (C=O) groups excluding carboxylic acids is 1. The second-order valence-electron chi connectivity index (χ2n) is 4.65. The Balaban J connectivity index is 1.97. The highest BCUT2D eigenvalue weighted by atomic mass is 16.5. The highest BCUT2D eigenvalue weighted by molar-refractivity contribution is 6.00. The van der Waals surface area contributed by atoms with Gasteiger partial charge in [0.15, 0.2) is 0 Å². The van der Waals surface area contributed by atoms with E-state index in [9.17, 15) is 4.79 Å². The molecule has 0 aromatic heterocycles. The first-order chi connectivity index (χ1) is 9.20. The molecule has 0 unspecified atom stereocenters. The molecule has 0 radical (unpaired) electrons. The maximum atomic E-state index is 12.0. The van der Waals surface area contributed by atoms with E-state index in [0.29, 0.717) is 0 Å². The number of likely N-dealkylation sites (N-methyl/N-ethyl adjacent to an activating group) is 1. The third-order valence-electron chi connectivity index (χ3n) is 3.36. The van der Waals surface area contributed by atoms with Crippen molar-refractivity contribution in [3.05, 3.63) is 36.5 Å². The molecule has 0 aliphatic carbocycles. The summed E-state index contributed by atoms with van der Waals surface area (Å²) in [4.78, 5) is 15.8. The standard InChI is InChI=1S/C15H20N2O2/c1-16(13-5-7-14(19-2)8-6-13)15(18)9-12-17-10-3-4-11-17/h5-9,12H,3-4,10-11H2,1-2H3/b12-9+. The fourth-order valence-corrected chi connectivity index (χ4v) is 2.10. The van der Waals surface area contributed by atoms with Crippen molar-refractivity contribution in [3.8, 4) is 5.75 Å². The van der Waals surface area contributed by atoms with Gasteiger partial charge in [-0.15, -0.1) is 0 Å². The lowest BCUT2D eigenvalue weighted by atomic mass is 10.3. The Hall–Kier alpha value is -1.97. The van der Waals surface area contributed by atoms with Crippen molar-refractivity contribution < 1.29 is 9.53 Å². The third-order valence-corrected chi connectivity index (χ3v) is 3.36. The van der Waals surface area contributed by atoms with Crippen LogP contribution >= 0.6 is 0 Å². The zero-order valence-corrected chi connectivity index (χ0v) is 11.5. The molecule has 2 rings (SSSR count). The summed E-state index contributed by atoms with van der Waals surface area (Å²) in [6, 6.07) is 7.45. The Bertz CT molecular complexity index is 448. The number of ether oxygens (including phenoxy) is 1. The van der Waals surface area contributed by atoms with Crippen molar-refractivity contribution in [2.75, 3.05) is 32.1 Å². The Morgan fingerprint density at radius 3 is 2.47 bits per heavy atom. The number of carbonyl (C=O) groups is 1. The molecule has 0 atom stereocenters. The van der Waals surface area contributed by atoms with E-state index < -0.39 is 0 Å². The molecule has 1 saturated heterocycles. The molecule has 19 heavy (non-hydrogen) atoms. The molecule has 4 nitrogen and oxygen atoms in total. The van der Waals surface area contributed by atoms with Gasteiger partial charge in [-0.05, 0) is 37.1 Å². The van der Waals surface area contributed by atoms with Gasteiger partial charge >= 0.3 is 0 Å². The molecule has 1 aromatic carbocycles. The van der Waals surface area contributed by atoms with Crippen LogP contribution in [0, 0.1) is 0 Å². The summed E-state index contributed by atoms with van der Waals surface area (Å²) < 4.78 is 5.10. The Morgan fingerprint density at radius 2 is 1.89 bits per heavy atom. The highest BCUT2D eigenvalue weighted by Gasteiger charge is 2.10. The molecule has 1 amide bonds. The highest BCUT2D eigenvalue weighted by Crippen LogP contribution is 2.18. The molecule has 4 heteroatoms. The summed E-state index contributed by atoms with van der Waals surface area (Å²) in [5.74, 6) is 0.772. The van der Waals surface area contributed by atoms with Gasteiger partial charge in [0.1, 0.15) is 5.75 Å². The number of benzene rings is 1. The fourth-order valence-electron chi connectivity index (χ4n) is 2.10. The Labute approximate surface area is 114 Å². The average molecular weight is 260 g/mol. The number of nitrogens with zero attached hydrogens (tertiary/aromatic N) is 2. The summed E-state index contributed by atoms with van der Waals surface area (Å²) in [6.07, 6.45) is 5.96.